The minimum absolute atomic E-state index is 0.0263. The van der Waals surface area contributed by atoms with Gasteiger partial charge in [-0.2, -0.15) is 5.10 Å². The van der Waals surface area contributed by atoms with Crippen LogP contribution in [0.25, 0.3) is 5.69 Å². The van der Waals surface area contributed by atoms with E-state index in [1.165, 1.54) is 6.33 Å². The van der Waals surface area contributed by atoms with E-state index in [1.807, 2.05) is 38.2 Å². The number of hydrogen-bond donors (Lipinski definition) is 1. The number of nitrogens with one attached hydrogen (secondary N) is 1. The van der Waals surface area contributed by atoms with Crippen LogP contribution in [0.5, 0.6) is 0 Å². The average Bonchev–Trinajstić information content (AvgIpc) is 3.15. The van der Waals surface area contributed by atoms with Crippen molar-refractivity contribution in [2.24, 2.45) is 5.92 Å². The molecule has 1 aromatic heterocycles. The molecular formula is C17H21N5O2. The van der Waals surface area contributed by atoms with Gasteiger partial charge in [-0.1, -0.05) is 12.1 Å². The largest absolute Gasteiger partial charge is 0.355 e. The van der Waals surface area contributed by atoms with E-state index in [0.717, 1.165) is 11.3 Å². The van der Waals surface area contributed by atoms with Crippen LogP contribution < -0.4 is 5.32 Å². The van der Waals surface area contributed by atoms with Crippen molar-refractivity contribution in [3.8, 4) is 5.69 Å². The molecule has 2 atom stereocenters. The number of carbonyl (C=O) groups is 2. The number of aromatic nitrogens is 3. The first-order chi connectivity index (χ1) is 11.6. The third kappa shape index (κ3) is 3.29. The Labute approximate surface area is 140 Å². The number of amides is 2. The van der Waals surface area contributed by atoms with Gasteiger partial charge < -0.3 is 10.2 Å². The van der Waals surface area contributed by atoms with Gasteiger partial charge >= 0.3 is 0 Å². The molecule has 1 N–H and O–H groups in total. The predicted molar refractivity (Wildman–Crippen MR) is 88.3 cm³/mol. The van der Waals surface area contributed by atoms with Gasteiger partial charge in [-0.15, -0.1) is 0 Å². The van der Waals surface area contributed by atoms with Crippen molar-refractivity contribution < 1.29 is 9.59 Å². The summed E-state index contributed by atoms with van der Waals surface area (Å²) >= 11 is 0. The van der Waals surface area contributed by atoms with Gasteiger partial charge in [0.05, 0.1) is 17.6 Å². The van der Waals surface area contributed by atoms with E-state index in [0.29, 0.717) is 19.4 Å². The highest BCUT2D eigenvalue weighted by molar-refractivity contribution is 5.83. The molecule has 0 unspecified atom stereocenters. The van der Waals surface area contributed by atoms with Crippen LogP contribution >= 0.6 is 0 Å². The first-order valence-electron chi connectivity index (χ1n) is 8.04. The van der Waals surface area contributed by atoms with Crippen LogP contribution in [0.4, 0.5) is 0 Å². The second-order valence-electron chi connectivity index (χ2n) is 6.10. The fourth-order valence-electron chi connectivity index (χ4n) is 2.89. The Balaban J connectivity index is 1.67. The predicted octanol–water partition coefficient (Wildman–Crippen LogP) is 1.31. The summed E-state index contributed by atoms with van der Waals surface area (Å²) in [5.74, 6) is -0.0362. The van der Waals surface area contributed by atoms with E-state index in [1.54, 1.807) is 15.9 Å². The third-order valence-corrected chi connectivity index (χ3v) is 4.60. The molecule has 1 aliphatic rings. The molecule has 2 heterocycles. The number of hydrogen-bond acceptors (Lipinski definition) is 4. The van der Waals surface area contributed by atoms with Crippen LogP contribution in [0.3, 0.4) is 0 Å². The lowest BCUT2D eigenvalue weighted by Crippen LogP contribution is -2.44. The van der Waals surface area contributed by atoms with Gasteiger partial charge in [0, 0.05) is 20.0 Å². The van der Waals surface area contributed by atoms with Crippen LogP contribution in [-0.2, 0) is 9.59 Å². The molecule has 1 saturated heterocycles. The lowest BCUT2D eigenvalue weighted by molar-refractivity contribution is -0.138. The molecule has 7 heteroatoms. The van der Waals surface area contributed by atoms with Gasteiger partial charge in [0.2, 0.25) is 11.8 Å². The van der Waals surface area contributed by atoms with Crippen molar-refractivity contribution >= 4 is 11.8 Å². The first-order valence-corrected chi connectivity index (χ1v) is 8.04. The summed E-state index contributed by atoms with van der Waals surface area (Å²) in [6.45, 7) is 2.43. The Bertz CT molecular complexity index is 701. The molecule has 0 aliphatic carbocycles. The maximum absolute atomic E-state index is 12.6. The van der Waals surface area contributed by atoms with E-state index in [2.05, 4.69) is 15.4 Å². The Kier molecular flexibility index (Phi) is 4.59. The van der Waals surface area contributed by atoms with Gasteiger partial charge in [-0.3, -0.25) is 9.59 Å². The molecule has 0 radical (unpaired) electrons. The minimum Gasteiger partial charge on any atom is -0.355 e. The lowest BCUT2D eigenvalue weighted by atomic mass is 9.96. The van der Waals surface area contributed by atoms with Gasteiger partial charge in [0.15, 0.2) is 0 Å². The summed E-state index contributed by atoms with van der Waals surface area (Å²) in [5, 5.41) is 6.87. The van der Waals surface area contributed by atoms with Crippen LogP contribution in [0.2, 0.25) is 0 Å². The monoisotopic (exact) mass is 327 g/mol. The van der Waals surface area contributed by atoms with Gasteiger partial charge in [-0.05, 0) is 31.0 Å². The number of rotatable bonds is 4. The number of benzene rings is 1. The Morgan fingerprint density at radius 1 is 1.38 bits per heavy atom. The second kappa shape index (κ2) is 6.82. The number of carbonyl (C=O) groups excluding carboxylic acids is 2. The SMILES string of the molecule is C[C@@H](c1ccc(-n2cncn2)cc1)N(C)C(=O)[C@H]1CCC(=O)NC1. The minimum atomic E-state index is -0.135. The fourth-order valence-corrected chi connectivity index (χ4v) is 2.89. The van der Waals surface area contributed by atoms with Crippen molar-refractivity contribution in [1.29, 1.82) is 0 Å². The van der Waals surface area contributed by atoms with Crippen molar-refractivity contribution in [3.63, 3.8) is 0 Å². The van der Waals surface area contributed by atoms with Crippen LogP contribution in [0.15, 0.2) is 36.9 Å². The van der Waals surface area contributed by atoms with Crippen molar-refractivity contribution in [2.45, 2.75) is 25.8 Å². The van der Waals surface area contributed by atoms with Gasteiger partial charge in [0.25, 0.3) is 0 Å². The number of nitrogens with zero attached hydrogens (tertiary/aromatic N) is 4. The molecule has 126 valence electrons. The lowest BCUT2D eigenvalue weighted by Gasteiger charge is -2.31. The quantitative estimate of drug-likeness (QED) is 0.918. The maximum atomic E-state index is 12.6. The zero-order valence-corrected chi connectivity index (χ0v) is 13.8. The second-order valence-corrected chi connectivity index (χ2v) is 6.10. The highest BCUT2D eigenvalue weighted by atomic mass is 16.2. The highest BCUT2D eigenvalue weighted by Gasteiger charge is 2.29. The summed E-state index contributed by atoms with van der Waals surface area (Å²) in [7, 11) is 1.81. The van der Waals surface area contributed by atoms with E-state index >= 15 is 0 Å². The fraction of sp³-hybridized carbons (Fsp3) is 0.412. The van der Waals surface area contributed by atoms with Crippen LogP contribution in [-0.4, -0.2) is 45.1 Å². The molecule has 3 rings (SSSR count). The molecule has 0 bridgehead atoms. The molecular weight excluding hydrogens is 306 g/mol. The molecule has 2 amide bonds. The standard InChI is InChI=1S/C17H21N5O2/c1-12(21(2)17(24)14-5-8-16(23)19-9-14)13-3-6-15(7-4-13)22-11-18-10-20-22/h3-4,6-7,10-12,14H,5,8-9H2,1-2H3,(H,19,23)/t12-,14-/m0/s1. The van der Waals surface area contributed by atoms with Crippen molar-refractivity contribution in [1.82, 2.24) is 25.0 Å². The van der Waals surface area contributed by atoms with Crippen molar-refractivity contribution in [3.05, 3.63) is 42.5 Å². The molecule has 2 aromatic rings. The van der Waals surface area contributed by atoms with Gasteiger partial charge in [0.1, 0.15) is 12.7 Å². The highest BCUT2D eigenvalue weighted by Crippen LogP contribution is 2.23. The van der Waals surface area contributed by atoms with Crippen molar-refractivity contribution in [2.75, 3.05) is 13.6 Å². The maximum Gasteiger partial charge on any atom is 0.227 e. The summed E-state index contributed by atoms with van der Waals surface area (Å²) in [6.07, 6.45) is 4.18. The van der Waals surface area contributed by atoms with E-state index in [4.69, 9.17) is 0 Å². The zero-order chi connectivity index (χ0) is 17.1. The smallest absolute Gasteiger partial charge is 0.227 e. The Morgan fingerprint density at radius 3 is 2.71 bits per heavy atom. The Morgan fingerprint density at radius 2 is 2.12 bits per heavy atom. The molecule has 1 fully saturated rings. The topological polar surface area (TPSA) is 80.1 Å². The van der Waals surface area contributed by atoms with E-state index in [-0.39, 0.29) is 23.8 Å². The van der Waals surface area contributed by atoms with E-state index in [9.17, 15) is 9.59 Å². The molecule has 7 nitrogen and oxygen atoms in total. The summed E-state index contributed by atoms with van der Waals surface area (Å²) in [4.78, 5) is 29.6. The third-order valence-electron chi connectivity index (χ3n) is 4.60. The molecule has 1 aliphatic heterocycles. The Hall–Kier alpha value is -2.70. The molecule has 1 aromatic carbocycles. The summed E-state index contributed by atoms with van der Waals surface area (Å²) in [6, 6.07) is 7.86. The molecule has 0 spiro atoms. The summed E-state index contributed by atoms with van der Waals surface area (Å²) < 4.78 is 1.69. The van der Waals surface area contributed by atoms with E-state index < -0.39 is 0 Å². The summed E-state index contributed by atoms with van der Waals surface area (Å²) in [5.41, 5.74) is 1.97. The molecule has 24 heavy (non-hydrogen) atoms. The van der Waals surface area contributed by atoms with Crippen LogP contribution in [0.1, 0.15) is 31.4 Å². The normalized spacial score (nSPS) is 18.8. The zero-order valence-electron chi connectivity index (χ0n) is 13.8. The van der Waals surface area contributed by atoms with Crippen LogP contribution in [0, 0.1) is 5.92 Å². The van der Waals surface area contributed by atoms with Gasteiger partial charge in [-0.25, -0.2) is 9.67 Å². The average molecular weight is 327 g/mol. The number of piperidine rings is 1. The molecule has 0 saturated carbocycles. The first kappa shape index (κ1) is 16.2.